The molecule has 1 unspecified atom stereocenters. The van der Waals surface area contributed by atoms with Gasteiger partial charge in [0, 0.05) is 30.1 Å². The lowest BCUT2D eigenvalue weighted by Gasteiger charge is -2.16. The van der Waals surface area contributed by atoms with E-state index in [0.29, 0.717) is 35.3 Å². The van der Waals surface area contributed by atoms with E-state index < -0.39 is 0 Å². The van der Waals surface area contributed by atoms with E-state index in [2.05, 4.69) is 10.1 Å². The fourth-order valence-electron chi connectivity index (χ4n) is 3.20. The van der Waals surface area contributed by atoms with Gasteiger partial charge in [-0.15, -0.1) is 0 Å². The maximum absolute atomic E-state index is 13.5. The number of halogens is 1. The van der Waals surface area contributed by atoms with Gasteiger partial charge in [-0.05, 0) is 48.9 Å². The third-order valence-electron chi connectivity index (χ3n) is 4.70. The Morgan fingerprint density at radius 2 is 2.11 bits per heavy atom. The summed E-state index contributed by atoms with van der Waals surface area (Å²) < 4.78 is 24.1. The van der Waals surface area contributed by atoms with Gasteiger partial charge in [-0.25, -0.2) is 4.39 Å². The highest BCUT2D eigenvalue weighted by Crippen LogP contribution is 2.32. The first kappa shape index (κ1) is 17.2. The predicted molar refractivity (Wildman–Crippen MR) is 97.1 cm³/mol. The van der Waals surface area contributed by atoms with E-state index in [0.717, 1.165) is 5.56 Å². The van der Waals surface area contributed by atoms with E-state index in [-0.39, 0.29) is 24.1 Å². The van der Waals surface area contributed by atoms with Gasteiger partial charge in [0.05, 0.1) is 7.11 Å². The topological polar surface area (TPSA) is 68.5 Å². The molecular formula is C20H18FN3O3. The van der Waals surface area contributed by atoms with E-state index in [1.165, 1.54) is 6.07 Å². The van der Waals surface area contributed by atoms with Gasteiger partial charge >= 0.3 is 0 Å². The smallest absolute Gasteiger partial charge is 0.258 e. The molecule has 6 nitrogen and oxygen atoms in total. The molecular weight excluding hydrogens is 349 g/mol. The summed E-state index contributed by atoms with van der Waals surface area (Å²) >= 11 is 0. The molecule has 7 heteroatoms. The molecule has 1 aromatic heterocycles. The quantitative estimate of drug-likeness (QED) is 0.703. The van der Waals surface area contributed by atoms with Crippen molar-refractivity contribution in [1.29, 1.82) is 0 Å². The minimum atomic E-state index is -0.289. The second-order valence-electron chi connectivity index (χ2n) is 6.53. The summed E-state index contributed by atoms with van der Waals surface area (Å²) in [4.78, 5) is 18.5. The Kier molecular flexibility index (Phi) is 4.35. The van der Waals surface area contributed by atoms with E-state index >= 15 is 0 Å². The molecule has 1 aliphatic rings. The van der Waals surface area contributed by atoms with Crippen molar-refractivity contribution in [3.63, 3.8) is 0 Å². The number of carbonyl (C=O) groups is 1. The molecule has 0 bridgehead atoms. The Morgan fingerprint density at radius 1 is 1.26 bits per heavy atom. The monoisotopic (exact) mass is 367 g/mol. The van der Waals surface area contributed by atoms with Crippen LogP contribution in [0.2, 0.25) is 0 Å². The number of aromatic nitrogens is 2. The Bertz CT molecular complexity index is 1000. The lowest BCUT2D eigenvalue weighted by molar-refractivity contribution is -0.117. The molecule has 2 heterocycles. The van der Waals surface area contributed by atoms with Gasteiger partial charge in [-0.3, -0.25) is 4.79 Å². The average molecular weight is 367 g/mol. The average Bonchev–Trinajstić information content (AvgIpc) is 3.31. The van der Waals surface area contributed by atoms with Crippen molar-refractivity contribution in [3.05, 3.63) is 59.7 Å². The van der Waals surface area contributed by atoms with Gasteiger partial charge in [0.25, 0.3) is 5.89 Å². The minimum absolute atomic E-state index is 0.0428. The SMILES string of the molecule is COc1cccc(-c2nc(C3CC(=O)N(c4ccc(F)c(C)c4)C3)no2)c1. The molecule has 0 saturated carbocycles. The summed E-state index contributed by atoms with van der Waals surface area (Å²) in [6, 6.07) is 12.0. The van der Waals surface area contributed by atoms with E-state index in [9.17, 15) is 9.18 Å². The van der Waals surface area contributed by atoms with Gasteiger partial charge < -0.3 is 14.2 Å². The highest BCUT2D eigenvalue weighted by atomic mass is 19.1. The second kappa shape index (κ2) is 6.83. The molecule has 27 heavy (non-hydrogen) atoms. The van der Waals surface area contributed by atoms with Gasteiger partial charge in [-0.1, -0.05) is 11.2 Å². The van der Waals surface area contributed by atoms with Gasteiger partial charge in [0.2, 0.25) is 5.91 Å². The lowest BCUT2D eigenvalue weighted by atomic mass is 10.1. The summed E-state index contributed by atoms with van der Waals surface area (Å²) in [5, 5.41) is 4.06. The molecule has 1 aliphatic heterocycles. The first-order valence-corrected chi connectivity index (χ1v) is 8.59. The Balaban J connectivity index is 1.55. The number of amides is 1. The highest BCUT2D eigenvalue weighted by Gasteiger charge is 2.34. The molecule has 0 spiro atoms. The van der Waals surface area contributed by atoms with Crippen LogP contribution in [-0.4, -0.2) is 29.7 Å². The number of aryl methyl sites for hydroxylation is 1. The number of nitrogens with zero attached hydrogens (tertiary/aromatic N) is 3. The lowest BCUT2D eigenvalue weighted by Crippen LogP contribution is -2.24. The molecule has 4 rings (SSSR count). The molecule has 0 radical (unpaired) electrons. The van der Waals surface area contributed by atoms with Crippen LogP contribution in [0.5, 0.6) is 5.75 Å². The van der Waals surface area contributed by atoms with Gasteiger partial charge in [0.15, 0.2) is 5.82 Å². The molecule has 3 aromatic rings. The Labute approximate surface area is 155 Å². The summed E-state index contributed by atoms with van der Waals surface area (Å²) in [5.74, 6) is 1.06. The zero-order valence-electron chi connectivity index (χ0n) is 15.0. The van der Waals surface area contributed by atoms with Crippen molar-refractivity contribution in [3.8, 4) is 17.2 Å². The van der Waals surface area contributed by atoms with Crippen LogP contribution in [0.15, 0.2) is 47.0 Å². The van der Waals surface area contributed by atoms with Crippen LogP contribution >= 0.6 is 0 Å². The number of methoxy groups -OCH3 is 1. The molecule has 1 amide bonds. The molecule has 1 saturated heterocycles. The van der Waals surface area contributed by atoms with Crippen molar-refractivity contribution >= 4 is 11.6 Å². The summed E-state index contributed by atoms with van der Waals surface area (Å²) in [7, 11) is 1.59. The number of hydrogen-bond acceptors (Lipinski definition) is 5. The number of carbonyl (C=O) groups excluding carboxylic acids is 1. The highest BCUT2D eigenvalue weighted by molar-refractivity contribution is 5.96. The third kappa shape index (κ3) is 3.28. The van der Waals surface area contributed by atoms with Crippen LogP contribution in [-0.2, 0) is 4.79 Å². The number of hydrogen-bond donors (Lipinski definition) is 0. The number of ether oxygens (including phenoxy) is 1. The second-order valence-corrected chi connectivity index (χ2v) is 6.53. The summed E-state index contributed by atoms with van der Waals surface area (Å²) in [6.07, 6.45) is 0.285. The van der Waals surface area contributed by atoms with E-state index in [1.807, 2.05) is 24.3 Å². The van der Waals surface area contributed by atoms with Crippen LogP contribution in [0.4, 0.5) is 10.1 Å². The third-order valence-corrected chi connectivity index (χ3v) is 4.70. The van der Waals surface area contributed by atoms with E-state index in [1.54, 1.807) is 31.1 Å². The number of rotatable bonds is 4. The normalized spacial score (nSPS) is 16.8. The first-order valence-electron chi connectivity index (χ1n) is 8.59. The van der Waals surface area contributed by atoms with Crippen LogP contribution in [0.25, 0.3) is 11.5 Å². The zero-order valence-corrected chi connectivity index (χ0v) is 15.0. The minimum Gasteiger partial charge on any atom is -0.497 e. The molecule has 0 N–H and O–H groups in total. The largest absolute Gasteiger partial charge is 0.497 e. The van der Waals surface area contributed by atoms with Crippen LogP contribution in [0, 0.1) is 12.7 Å². The van der Waals surface area contributed by atoms with Crippen molar-refractivity contribution < 1.29 is 18.4 Å². The standard InChI is InChI=1S/C20H18FN3O3/c1-12-8-15(6-7-17(12)21)24-11-14(10-18(24)25)19-22-20(27-23-19)13-4-3-5-16(9-13)26-2/h3-9,14H,10-11H2,1-2H3. The molecule has 138 valence electrons. The van der Waals surface area contributed by atoms with Crippen LogP contribution in [0.1, 0.15) is 23.7 Å². The van der Waals surface area contributed by atoms with E-state index in [4.69, 9.17) is 9.26 Å². The number of benzene rings is 2. The van der Waals surface area contributed by atoms with Crippen molar-refractivity contribution in [2.45, 2.75) is 19.3 Å². The summed E-state index contributed by atoms with van der Waals surface area (Å²) in [6.45, 7) is 2.11. The first-order chi connectivity index (χ1) is 13.0. The Morgan fingerprint density at radius 3 is 2.89 bits per heavy atom. The van der Waals surface area contributed by atoms with Crippen LogP contribution in [0.3, 0.4) is 0 Å². The molecule has 2 aromatic carbocycles. The fourth-order valence-corrected chi connectivity index (χ4v) is 3.20. The Hall–Kier alpha value is -3.22. The zero-order chi connectivity index (χ0) is 19.0. The fraction of sp³-hybridized carbons (Fsp3) is 0.250. The predicted octanol–water partition coefficient (Wildman–Crippen LogP) is 3.71. The molecule has 1 fully saturated rings. The van der Waals surface area contributed by atoms with Crippen molar-refractivity contribution in [2.75, 3.05) is 18.6 Å². The van der Waals surface area contributed by atoms with Crippen molar-refractivity contribution in [1.82, 2.24) is 10.1 Å². The van der Waals surface area contributed by atoms with Gasteiger partial charge in [0.1, 0.15) is 11.6 Å². The van der Waals surface area contributed by atoms with Crippen molar-refractivity contribution in [2.24, 2.45) is 0 Å². The molecule has 1 atom stereocenters. The van der Waals surface area contributed by atoms with Gasteiger partial charge in [-0.2, -0.15) is 4.98 Å². The maximum atomic E-state index is 13.5. The summed E-state index contributed by atoms with van der Waals surface area (Å²) in [5.41, 5.74) is 1.94. The maximum Gasteiger partial charge on any atom is 0.258 e. The van der Waals surface area contributed by atoms with Crippen LogP contribution < -0.4 is 9.64 Å². The number of anilines is 1. The molecule has 0 aliphatic carbocycles.